The molecule has 0 unspecified atom stereocenters. The number of aryl methyl sites for hydroxylation is 1. The van der Waals surface area contributed by atoms with Gasteiger partial charge in [-0.25, -0.2) is 9.37 Å². The third-order valence-corrected chi connectivity index (χ3v) is 8.11. The van der Waals surface area contributed by atoms with Crippen LogP contribution in [0.2, 0.25) is 0 Å². The van der Waals surface area contributed by atoms with E-state index in [2.05, 4.69) is 15.6 Å². The predicted octanol–water partition coefficient (Wildman–Crippen LogP) is 5.94. The summed E-state index contributed by atoms with van der Waals surface area (Å²) in [7, 11) is 0. The molecule has 1 aliphatic rings. The number of aromatic nitrogens is 1. The van der Waals surface area contributed by atoms with Gasteiger partial charge in [-0.2, -0.15) is 13.2 Å². The molecule has 0 spiro atoms. The van der Waals surface area contributed by atoms with Gasteiger partial charge in [0, 0.05) is 30.8 Å². The molecule has 0 radical (unpaired) electrons. The lowest BCUT2D eigenvalue weighted by Crippen LogP contribution is -2.48. The fourth-order valence-electron chi connectivity index (χ4n) is 5.75. The van der Waals surface area contributed by atoms with Crippen molar-refractivity contribution in [2.75, 3.05) is 13.1 Å². The fraction of sp³-hybridized carbons (Fsp3) is 0.343. The van der Waals surface area contributed by atoms with Crippen LogP contribution in [0.3, 0.4) is 0 Å². The van der Waals surface area contributed by atoms with Gasteiger partial charge in [0.15, 0.2) is 0 Å². The van der Waals surface area contributed by atoms with Crippen LogP contribution in [0.15, 0.2) is 83.5 Å². The van der Waals surface area contributed by atoms with Crippen LogP contribution in [0, 0.1) is 6.92 Å². The van der Waals surface area contributed by atoms with E-state index in [-0.39, 0.29) is 48.1 Å². The summed E-state index contributed by atoms with van der Waals surface area (Å²) in [5, 5.41) is 17.0. The van der Waals surface area contributed by atoms with Crippen molar-refractivity contribution in [3.05, 3.63) is 124 Å². The van der Waals surface area contributed by atoms with Gasteiger partial charge >= 0.3 is 6.18 Å². The van der Waals surface area contributed by atoms with Gasteiger partial charge in [0.25, 0.3) is 11.8 Å². The van der Waals surface area contributed by atoms with Crippen LogP contribution in [0.4, 0.5) is 17.6 Å². The van der Waals surface area contributed by atoms with E-state index >= 15 is 0 Å². The highest BCUT2D eigenvalue weighted by Crippen LogP contribution is 2.33. The highest BCUT2D eigenvalue weighted by molar-refractivity contribution is 6.00. The second kappa shape index (κ2) is 14.9. The minimum Gasteiger partial charge on any atom is -0.446 e. The molecule has 5 rings (SSSR count). The molecule has 3 N–H and O–H groups in total. The van der Waals surface area contributed by atoms with Gasteiger partial charge in [-0.3, -0.25) is 9.59 Å². The zero-order chi connectivity index (χ0) is 33.6. The SMILES string of the molecule is Cc1coc([C@H]2CCCN2C(=O)c2cc(CF)cc(C(=O)N[C@@H](Cc3ccccc3)[C@@H](O)CNCc3cccc(C(F)(F)F)c3)c2)n1. The lowest BCUT2D eigenvalue weighted by atomic mass is 9.99. The summed E-state index contributed by atoms with van der Waals surface area (Å²) in [5.41, 5.74) is 1.46. The molecule has 2 heterocycles. The molecule has 4 aromatic rings. The van der Waals surface area contributed by atoms with E-state index in [0.29, 0.717) is 30.1 Å². The fourth-order valence-corrected chi connectivity index (χ4v) is 5.75. The summed E-state index contributed by atoms with van der Waals surface area (Å²) >= 11 is 0. The number of hydrogen-bond acceptors (Lipinski definition) is 6. The monoisotopic (exact) mass is 652 g/mol. The van der Waals surface area contributed by atoms with Crippen LogP contribution in [0.1, 0.15) is 73.4 Å². The summed E-state index contributed by atoms with van der Waals surface area (Å²) in [6.45, 7) is 1.35. The van der Waals surface area contributed by atoms with E-state index in [0.717, 1.165) is 24.1 Å². The van der Waals surface area contributed by atoms with Crippen LogP contribution in [-0.2, 0) is 25.8 Å². The van der Waals surface area contributed by atoms with Gasteiger partial charge in [-0.05, 0) is 67.1 Å². The summed E-state index contributed by atoms with van der Waals surface area (Å²) < 4.78 is 58.9. The van der Waals surface area contributed by atoms with Crippen molar-refractivity contribution < 1.29 is 36.7 Å². The maximum Gasteiger partial charge on any atom is 0.416 e. The second-order valence-corrected chi connectivity index (χ2v) is 11.7. The molecule has 3 atom stereocenters. The number of amides is 2. The molecule has 1 aliphatic heterocycles. The topological polar surface area (TPSA) is 108 Å². The third-order valence-electron chi connectivity index (χ3n) is 8.11. The quantitative estimate of drug-likeness (QED) is 0.164. The van der Waals surface area contributed by atoms with Crippen molar-refractivity contribution in [1.29, 1.82) is 0 Å². The van der Waals surface area contributed by atoms with Crippen LogP contribution in [-0.4, -0.2) is 52.0 Å². The van der Waals surface area contributed by atoms with E-state index in [1.165, 1.54) is 30.5 Å². The first-order chi connectivity index (χ1) is 22.5. The predicted molar refractivity (Wildman–Crippen MR) is 166 cm³/mol. The third kappa shape index (κ3) is 8.63. The van der Waals surface area contributed by atoms with Crippen LogP contribution >= 0.6 is 0 Å². The maximum atomic E-state index is 14.0. The van der Waals surface area contributed by atoms with Crippen molar-refractivity contribution in [2.24, 2.45) is 0 Å². The van der Waals surface area contributed by atoms with E-state index < -0.39 is 36.5 Å². The van der Waals surface area contributed by atoms with Gasteiger partial charge in [0.05, 0.1) is 23.4 Å². The zero-order valence-corrected chi connectivity index (χ0v) is 25.8. The standard InChI is InChI=1S/C35H36F4N4O4/c1-22-21-47-33(41-22)30-11-6-12-43(30)34(46)27-14-25(18-36)13-26(17-27)32(45)42-29(16-23-7-3-2-4-8-23)31(44)20-40-19-24-9-5-10-28(15-24)35(37,38)39/h2-5,7-10,13-15,17,21,29-31,40,44H,6,11-12,16,18-20H2,1H3,(H,42,45)/t29-,30+,31-/m0/s1. The molecule has 3 aromatic carbocycles. The number of nitrogens with one attached hydrogen (secondary N) is 2. The highest BCUT2D eigenvalue weighted by Gasteiger charge is 2.34. The largest absolute Gasteiger partial charge is 0.446 e. The Morgan fingerprint density at radius 2 is 1.77 bits per heavy atom. The molecule has 8 nitrogen and oxygen atoms in total. The van der Waals surface area contributed by atoms with E-state index in [9.17, 15) is 32.3 Å². The summed E-state index contributed by atoms with van der Waals surface area (Å²) in [6.07, 6.45) is -2.49. The Balaban J connectivity index is 1.31. The molecule has 1 fully saturated rings. The number of hydrogen-bond donors (Lipinski definition) is 3. The van der Waals surface area contributed by atoms with Crippen molar-refractivity contribution >= 4 is 11.8 Å². The second-order valence-electron chi connectivity index (χ2n) is 11.7. The molecule has 0 bridgehead atoms. The Morgan fingerprint density at radius 1 is 1.02 bits per heavy atom. The number of aliphatic hydroxyl groups is 1. The molecular formula is C35H36F4N4O4. The number of carbonyl (C=O) groups is 2. The average molecular weight is 653 g/mol. The van der Waals surface area contributed by atoms with Crippen molar-refractivity contribution in [3.63, 3.8) is 0 Å². The number of likely N-dealkylation sites (tertiary alicyclic amines) is 1. The first-order valence-electron chi connectivity index (χ1n) is 15.3. The molecule has 47 heavy (non-hydrogen) atoms. The first-order valence-corrected chi connectivity index (χ1v) is 15.3. The molecule has 12 heteroatoms. The van der Waals surface area contributed by atoms with Crippen molar-refractivity contribution in [1.82, 2.24) is 20.5 Å². The minimum atomic E-state index is -4.48. The molecule has 1 aromatic heterocycles. The number of alkyl halides is 4. The number of aliphatic hydroxyl groups excluding tert-OH is 1. The van der Waals surface area contributed by atoms with Crippen LogP contribution in [0.25, 0.3) is 0 Å². The number of nitrogens with zero attached hydrogens (tertiary/aromatic N) is 2. The van der Waals surface area contributed by atoms with Gasteiger partial charge in [-0.15, -0.1) is 0 Å². The summed E-state index contributed by atoms with van der Waals surface area (Å²) in [4.78, 5) is 33.3. The molecule has 248 valence electrons. The molecule has 2 amide bonds. The molecule has 1 saturated heterocycles. The first kappa shape index (κ1) is 33.8. The summed E-state index contributed by atoms with van der Waals surface area (Å²) in [6, 6.07) is 17.0. The van der Waals surface area contributed by atoms with Gasteiger partial charge < -0.3 is 25.1 Å². The lowest BCUT2D eigenvalue weighted by Gasteiger charge is -2.26. The van der Waals surface area contributed by atoms with Crippen LogP contribution < -0.4 is 10.6 Å². The van der Waals surface area contributed by atoms with Crippen LogP contribution in [0.5, 0.6) is 0 Å². The molecule has 0 aliphatic carbocycles. The van der Waals surface area contributed by atoms with Gasteiger partial charge in [0.2, 0.25) is 5.89 Å². The number of rotatable bonds is 12. The van der Waals surface area contributed by atoms with E-state index in [1.807, 2.05) is 30.3 Å². The average Bonchev–Trinajstić information content (AvgIpc) is 3.73. The summed E-state index contributed by atoms with van der Waals surface area (Å²) in [5.74, 6) is -0.576. The molecular weight excluding hydrogens is 616 g/mol. The van der Waals surface area contributed by atoms with E-state index in [4.69, 9.17) is 4.42 Å². The van der Waals surface area contributed by atoms with E-state index in [1.54, 1.807) is 17.9 Å². The van der Waals surface area contributed by atoms with Crippen molar-refractivity contribution in [3.8, 4) is 0 Å². The highest BCUT2D eigenvalue weighted by atomic mass is 19.4. The Labute approximate surface area is 269 Å². The van der Waals surface area contributed by atoms with Crippen molar-refractivity contribution in [2.45, 2.75) is 63.8 Å². The number of halogens is 4. The Kier molecular flexibility index (Phi) is 10.7. The number of carbonyl (C=O) groups excluding carboxylic acids is 2. The maximum absolute atomic E-state index is 14.0. The van der Waals surface area contributed by atoms with Gasteiger partial charge in [0.1, 0.15) is 19.0 Å². The Morgan fingerprint density at radius 3 is 2.47 bits per heavy atom. The number of oxazole rings is 1. The Bertz CT molecular complexity index is 1680. The number of benzene rings is 3. The smallest absolute Gasteiger partial charge is 0.416 e. The Hall–Kier alpha value is -4.55. The normalized spacial score (nSPS) is 16.2. The lowest BCUT2D eigenvalue weighted by molar-refractivity contribution is -0.137. The molecule has 0 saturated carbocycles. The van der Waals surface area contributed by atoms with Gasteiger partial charge in [-0.1, -0.05) is 48.5 Å². The zero-order valence-electron chi connectivity index (χ0n) is 25.8. The minimum absolute atomic E-state index is 0.0427.